The van der Waals surface area contributed by atoms with Crippen LogP contribution in [0.4, 0.5) is 17.6 Å². The highest BCUT2D eigenvalue weighted by molar-refractivity contribution is 9.09. The molecule has 6 heteroatoms. The van der Waals surface area contributed by atoms with E-state index in [2.05, 4.69) is 0 Å². The van der Waals surface area contributed by atoms with Gasteiger partial charge in [-0.15, -0.1) is 0 Å². The van der Waals surface area contributed by atoms with Crippen LogP contribution in [0.25, 0.3) is 11.1 Å². The van der Waals surface area contributed by atoms with E-state index in [1.807, 2.05) is 28.1 Å². The fourth-order valence-electron chi connectivity index (χ4n) is 4.22. The minimum Gasteiger partial charge on any atom is -0.373 e. The molecule has 0 aromatic heterocycles. The molecule has 1 aliphatic heterocycles. The van der Waals surface area contributed by atoms with Gasteiger partial charge in [0, 0.05) is 0 Å². The maximum Gasteiger partial charge on any atom is 0.332 e. The molecule has 0 bridgehead atoms. The van der Waals surface area contributed by atoms with Crippen molar-refractivity contribution in [1.29, 1.82) is 0 Å². The van der Waals surface area contributed by atoms with Crippen molar-refractivity contribution in [3.63, 3.8) is 0 Å². The summed E-state index contributed by atoms with van der Waals surface area (Å²) in [6.45, 7) is 0.787. The summed E-state index contributed by atoms with van der Waals surface area (Å²) in [6, 6.07) is 9.12. The fraction of sp³-hybridized carbons (Fsp3) is 0.455. The Morgan fingerprint density at radius 3 is 1.96 bits per heavy atom. The van der Waals surface area contributed by atoms with Crippen LogP contribution in [0.1, 0.15) is 49.3 Å². The van der Waals surface area contributed by atoms with E-state index >= 15 is 0 Å². The van der Waals surface area contributed by atoms with Crippen LogP contribution >= 0.6 is 15.9 Å². The SMILES string of the molecule is Fc1cc(-c2ccc(C3CCC(C4CCC4)CO3)cc2)cc(F)c1C(F)(F)Br. The predicted molar refractivity (Wildman–Crippen MR) is 103 cm³/mol. The van der Waals surface area contributed by atoms with Gasteiger partial charge in [-0.05, 0) is 69.4 Å². The van der Waals surface area contributed by atoms with E-state index in [0.717, 1.165) is 43.1 Å². The van der Waals surface area contributed by atoms with Crippen molar-refractivity contribution in [2.24, 2.45) is 11.8 Å². The number of alkyl halides is 3. The zero-order valence-electron chi connectivity index (χ0n) is 15.2. The summed E-state index contributed by atoms with van der Waals surface area (Å²) in [6.07, 6.45) is 6.14. The number of rotatable bonds is 4. The molecule has 28 heavy (non-hydrogen) atoms. The van der Waals surface area contributed by atoms with E-state index in [1.165, 1.54) is 19.3 Å². The lowest BCUT2D eigenvalue weighted by molar-refractivity contribution is -0.0449. The summed E-state index contributed by atoms with van der Waals surface area (Å²) in [4.78, 5) is -3.75. The molecule has 2 fully saturated rings. The second kappa shape index (κ2) is 7.79. The van der Waals surface area contributed by atoms with Crippen LogP contribution in [0, 0.1) is 23.5 Å². The third kappa shape index (κ3) is 3.99. The molecule has 150 valence electrons. The van der Waals surface area contributed by atoms with Crippen molar-refractivity contribution in [3.05, 3.63) is 59.2 Å². The summed E-state index contributed by atoms with van der Waals surface area (Å²) >= 11 is 2.02. The maximum atomic E-state index is 14.0. The molecule has 0 radical (unpaired) electrons. The topological polar surface area (TPSA) is 9.23 Å². The van der Waals surface area contributed by atoms with E-state index in [-0.39, 0.29) is 11.7 Å². The van der Waals surface area contributed by atoms with Crippen LogP contribution in [0.15, 0.2) is 36.4 Å². The van der Waals surface area contributed by atoms with Gasteiger partial charge in [-0.1, -0.05) is 43.5 Å². The van der Waals surface area contributed by atoms with E-state index in [1.54, 1.807) is 12.1 Å². The third-order valence-corrected chi connectivity index (χ3v) is 6.47. The third-order valence-electron chi connectivity index (χ3n) is 6.07. The highest BCUT2D eigenvalue weighted by Gasteiger charge is 2.35. The molecule has 1 saturated carbocycles. The first-order valence-electron chi connectivity index (χ1n) is 9.61. The van der Waals surface area contributed by atoms with Crippen molar-refractivity contribution < 1.29 is 22.3 Å². The molecular formula is C22H21BrF4O. The van der Waals surface area contributed by atoms with E-state index in [4.69, 9.17) is 4.74 Å². The molecule has 4 rings (SSSR count). The summed E-state index contributed by atoms with van der Waals surface area (Å²) in [5, 5.41) is 0. The smallest absolute Gasteiger partial charge is 0.332 e. The Bertz CT molecular complexity index is 812. The molecule has 2 atom stereocenters. The van der Waals surface area contributed by atoms with Crippen molar-refractivity contribution in [3.8, 4) is 11.1 Å². The molecule has 0 spiro atoms. The molecule has 1 nitrogen and oxygen atoms in total. The van der Waals surface area contributed by atoms with Crippen LogP contribution in [0.5, 0.6) is 0 Å². The monoisotopic (exact) mass is 456 g/mol. The predicted octanol–water partition coefficient (Wildman–Crippen LogP) is 7.34. The van der Waals surface area contributed by atoms with Crippen molar-refractivity contribution >= 4 is 15.9 Å². The summed E-state index contributed by atoms with van der Waals surface area (Å²) < 4.78 is 60.7. The number of hydrogen-bond acceptors (Lipinski definition) is 1. The Hall–Kier alpha value is -1.40. The van der Waals surface area contributed by atoms with E-state index in [9.17, 15) is 17.6 Å². The van der Waals surface area contributed by atoms with E-state index in [0.29, 0.717) is 11.5 Å². The fourth-order valence-corrected chi connectivity index (χ4v) is 4.60. The van der Waals surface area contributed by atoms with Gasteiger partial charge in [0.05, 0.1) is 12.7 Å². The highest BCUT2D eigenvalue weighted by Crippen LogP contribution is 2.42. The second-order valence-electron chi connectivity index (χ2n) is 7.79. The first-order valence-corrected chi connectivity index (χ1v) is 10.4. The lowest BCUT2D eigenvalue weighted by atomic mass is 9.73. The Labute approximate surface area is 170 Å². The van der Waals surface area contributed by atoms with Gasteiger partial charge in [-0.3, -0.25) is 0 Å². The molecular weight excluding hydrogens is 436 g/mol. The molecule has 2 aromatic carbocycles. The van der Waals surface area contributed by atoms with E-state index < -0.39 is 22.0 Å². The first-order chi connectivity index (χ1) is 13.3. The minimum absolute atomic E-state index is 0.0355. The minimum atomic E-state index is -3.75. The second-order valence-corrected chi connectivity index (χ2v) is 8.78. The van der Waals surface area contributed by atoms with Crippen molar-refractivity contribution in [2.45, 2.75) is 43.0 Å². The average molecular weight is 457 g/mol. The number of halogens is 5. The lowest BCUT2D eigenvalue weighted by Gasteiger charge is -2.38. The molecule has 2 aromatic rings. The normalized spacial score (nSPS) is 23.5. The van der Waals surface area contributed by atoms with Crippen molar-refractivity contribution in [2.75, 3.05) is 6.61 Å². The van der Waals surface area contributed by atoms with Gasteiger partial charge in [0.15, 0.2) is 0 Å². The number of benzene rings is 2. The zero-order valence-corrected chi connectivity index (χ0v) is 16.8. The first kappa shape index (κ1) is 19.9. The van der Waals surface area contributed by atoms with Crippen LogP contribution in [0.2, 0.25) is 0 Å². The molecule has 2 aliphatic rings. The Morgan fingerprint density at radius 1 is 0.857 bits per heavy atom. The molecule has 1 saturated heterocycles. The van der Waals surface area contributed by atoms with Gasteiger partial charge in [0.25, 0.3) is 0 Å². The summed E-state index contributed by atoms with van der Waals surface area (Å²) in [5.74, 6) is -1.07. The zero-order chi connectivity index (χ0) is 19.9. The van der Waals surface area contributed by atoms with Crippen LogP contribution in [-0.4, -0.2) is 6.61 Å². The highest BCUT2D eigenvalue weighted by atomic mass is 79.9. The Kier molecular flexibility index (Phi) is 5.53. The van der Waals surface area contributed by atoms with Crippen molar-refractivity contribution in [1.82, 2.24) is 0 Å². The molecule has 1 aliphatic carbocycles. The van der Waals surface area contributed by atoms with Gasteiger partial charge in [-0.2, -0.15) is 8.78 Å². The Balaban J connectivity index is 1.48. The van der Waals surface area contributed by atoms with Crippen LogP contribution < -0.4 is 0 Å². The number of hydrogen-bond donors (Lipinski definition) is 0. The Morgan fingerprint density at radius 2 is 1.50 bits per heavy atom. The molecule has 0 amide bonds. The standard InChI is InChI=1S/C22H21BrF4O/c23-22(26,27)21-18(24)10-17(11-19(21)25)14-4-6-15(7-5-14)20-9-8-16(12-28-20)13-2-1-3-13/h4-7,10-11,13,16,20H,1-3,8-9,12H2. The molecule has 0 N–H and O–H groups in total. The lowest BCUT2D eigenvalue weighted by Crippen LogP contribution is -2.30. The van der Waals surface area contributed by atoms with Gasteiger partial charge in [0.2, 0.25) is 0 Å². The maximum absolute atomic E-state index is 14.0. The molecule has 2 unspecified atom stereocenters. The summed E-state index contributed by atoms with van der Waals surface area (Å²) in [7, 11) is 0. The van der Waals surface area contributed by atoms with Gasteiger partial charge in [-0.25, -0.2) is 8.78 Å². The number of ether oxygens (including phenoxy) is 1. The van der Waals surface area contributed by atoms with Crippen LogP contribution in [-0.2, 0) is 9.57 Å². The molecule has 1 heterocycles. The van der Waals surface area contributed by atoms with Gasteiger partial charge >= 0.3 is 4.83 Å². The largest absolute Gasteiger partial charge is 0.373 e. The van der Waals surface area contributed by atoms with Gasteiger partial charge < -0.3 is 4.74 Å². The summed E-state index contributed by atoms with van der Waals surface area (Å²) in [5.41, 5.74) is 0.538. The quantitative estimate of drug-likeness (QED) is 0.345. The van der Waals surface area contributed by atoms with Gasteiger partial charge in [0.1, 0.15) is 17.2 Å². The van der Waals surface area contributed by atoms with Crippen LogP contribution in [0.3, 0.4) is 0 Å². The average Bonchev–Trinajstić information content (AvgIpc) is 2.59.